The van der Waals surface area contributed by atoms with E-state index >= 15 is 0 Å². The summed E-state index contributed by atoms with van der Waals surface area (Å²) in [5, 5.41) is 10.9. The minimum absolute atomic E-state index is 0.0791. The zero-order valence-corrected chi connectivity index (χ0v) is 18.1. The Morgan fingerprint density at radius 2 is 1.41 bits per heavy atom. The van der Waals surface area contributed by atoms with Gasteiger partial charge in [-0.25, -0.2) is 8.42 Å². The zero-order valence-electron chi connectivity index (χ0n) is 17.3. The highest BCUT2D eigenvalue weighted by atomic mass is 32.2. The van der Waals surface area contributed by atoms with E-state index in [-0.39, 0.29) is 23.3 Å². The Labute approximate surface area is 166 Å². The van der Waals surface area contributed by atoms with Gasteiger partial charge in [-0.2, -0.15) is 4.31 Å². The maximum Gasteiger partial charge on any atom is 0.215 e. The average molecular weight is 398 g/mol. The lowest BCUT2D eigenvalue weighted by Crippen LogP contribution is -2.54. The molecule has 4 fully saturated rings. The third-order valence-electron chi connectivity index (χ3n) is 9.02. The van der Waals surface area contributed by atoms with Gasteiger partial charge in [0.1, 0.15) is 0 Å². The number of rotatable bonds is 5. The Morgan fingerprint density at radius 1 is 0.889 bits per heavy atom. The van der Waals surface area contributed by atoms with Crippen LogP contribution in [0.4, 0.5) is 0 Å². The maximum absolute atomic E-state index is 13.9. The third kappa shape index (κ3) is 3.30. The van der Waals surface area contributed by atoms with Gasteiger partial charge in [-0.05, 0) is 56.3 Å². The highest BCUT2D eigenvalue weighted by molar-refractivity contribution is 7.89. The molecule has 2 bridgehead atoms. The SMILES string of the molecule is CC1(C)[C@H]2CCC1(CS(=O)(=O)N(C1CCCCC1)C1CCCCC1)[C@H](O)C2. The fourth-order valence-electron chi connectivity index (χ4n) is 7.20. The summed E-state index contributed by atoms with van der Waals surface area (Å²) in [4.78, 5) is 0. The summed E-state index contributed by atoms with van der Waals surface area (Å²) in [5.41, 5.74) is -0.525. The van der Waals surface area contributed by atoms with Crippen molar-refractivity contribution in [3.63, 3.8) is 0 Å². The first kappa shape index (κ1) is 20.2. The second-order valence-electron chi connectivity index (χ2n) is 10.5. The van der Waals surface area contributed by atoms with Gasteiger partial charge in [0.25, 0.3) is 0 Å². The topological polar surface area (TPSA) is 57.6 Å². The minimum atomic E-state index is -3.38. The van der Waals surface area contributed by atoms with Crippen LogP contribution < -0.4 is 0 Å². The van der Waals surface area contributed by atoms with E-state index in [0.717, 1.165) is 70.6 Å². The molecule has 156 valence electrons. The second kappa shape index (κ2) is 7.28. The van der Waals surface area contributed by atoms with Gasteiger partial charge in [0, 0.05) is 17.5 Å². The second-order valence-corrected chi connectivity index (χ2v) is 12.4. The summed E-state index contributed by atoms with van der Waals surface area (Å²) in [7, 11) is -3.38. The van der Waals surface area contributed by atoms with Crippen LogP contribution in [-0.4, -0.2) is 41.8 Å². The number of hydrogen-bond donors (Lipinski definition) is 1. The Kier molecular flexibility index (Phi) is 5.44. The summed E-state index contributed by atoms with van der Waals surface area (Å²) in [5.74, 6) is 0.637. The molecule has 0 saturated heterocycles. The van der Waals surface area contributed by atoms with Crippen LogP contribution in [0.25, 0.3) is 0 Å². The van der Waals surface area contributed by atoms with Crippen molar-refractivity contribution >= 4 is 10.0 Å². The number of nitrogens with zero attached hydrogens (tertiary/aromatic N) is 1. The molecule has 5 heteroatoms. The van der Waals surface area contributed by atoms with Crippen molar-refractivity contribution in [3.8, 4) is 0 Å². The van der Waals surface area contributed by atoms with Crippen molar-refractivity contribution in [2.24, 2.45) is 16.7 Å². The van der Waals surface area contributed by atoms with Crippen LogP contribution in [0, 0.1) is 16.7 Å². The molecule has 4 aliphatic carbocycles. The molecule has 0 aromatic heterocycles. The van der Waals surface area contributed by atoms with Gasteiger partial charge < -0.3 is 5.11 Å². The van der Waals surface area contributed by atoms with Crippen molar-refractivity contribution in [1.29, 1.82) is 0 Å². The molecule has 3 atom stereocenters. The van der Waals surface area contributed by atoms with Gasteiger partial charge in [0.2, 0.25) is 10.0 Å². The first-order chi connectivity index (χ1) is 12.8. The predicted octanol–water partition coefficient (Wildman–Crippen LogP) is 4.47. The summed E-state index contributed by atoms with van der Waals surface area (Å²) in [6.07, 6.45) is 13.5. The Morgan fingerprint density at radius 3 is 1.81 bits per heavy atom. The standard InChI is InChI=1S/C22H39NO3S/c1-21(2)17-13-14-22(21,20(24)15-17)16-27(25,26)23(18-9-5-3-6-10-18)19-11-7-4-8-12-19/h17-20,24H,3-16H2,1-2H3/t17-,20+,22?/m0/s1. The zero-order chi connectivity index (χ0) is 19.3. The van der Waals surface area contributed by atoms with Crippen molar-refractivity contribution in [1.82, 2.24) is 4.31 Å². The van der Waals surface area contributed by atoms with Gasteiger partial charge in [-0.1, -0.05) is 52.4 Å². The molecule has 0 aromatic rings. The Hall–Kier alpha value is -0.130. The lowest BCUT2D eigenvalue weighted by Gasteiger charge is -2.45. The van der Waals surface area contributed by atoms with Gasteiger partial charge >= 0.3 is 0 Å². The predicted molar refractivity (Wildman–Crippen MR) is 109 cm³/mol. The van der Waals surface area contributed by atoms with Crippen molar-refractivity contribution in [2.45, 2.75) is 116 Å². The number of sulfonamides is 1. The van der Waals surface area contributed by atoms with Crippen LogP contribution in [0.15, 0.2) is 0 Å². The number of aliphatic hydroxyl groups excluding tert-OH is 1. The molecule has 4 saturated carbocycles. The molecular formula is C22H39NO3S. The lowest BCUT2D eigenvalue weighted by molar-refractivity contribution is 0.0136. The molecule has 1 N–H and O–H groups in total. The van der Waals surface area contributed by atoms with Crippen LogP contribution >= 0.6 is 0 Å². The number of fused-ring (bicyclic) bond motifs is 2. The summed E-state index contributed by atoms with van der Waals surface area (Å²) >= 11 is 0. The fraction of sp³-hybridized carbons (Fsp3) is 1.00. The Balaban J connectivity index is 1.64. The van der Waals surface area contributed by atoms with Crippen LogP contribution in [0.3, 0.4) is 0 Å². The molecule has 0 radical (unpaired) electrons. The summed E-state index contributed by atoms with van der Waals surface area (Å²) in [6, 6.07) is 0.393. The average Bonchev–Trinajstić information content (AvgIpc) is 2.97. The first-order valence-corrected chi connectivity index (χ1v) is 13.1. The van der Waals surface area contributed by atoms with Crippen molar-refractivity contribution < 1.29 is 13.5 Å². The van der Waals surface area contributed by atoms with Gasteiger partial charge in [0.15, 0.2) is 0 Å². The van der Waals surface area contributed by atoms with Gasteiger partial charge in [-0.15, -0.1) is 0 Å². The van der Waals surface area contributed by atoms with Crippen LogP contribution in [0.5, 0.6) is 0 Å². The number of hydrogen-bond acceptors (Lipinski definition) is 3. The van der Waals surface area contributed by atoms with Crippen molar-refractivity contribution in [3.05, 3.63) is 0 Å². The highest BCUT2D eigenvalue weighted by Crippen LogP contribution is 2.66. The summed E-state index contributed by atoms with van der Waals surface area (Å²) in [6.45, 7) is 4.42. The van der Waals surface area contributed by atoms with Gasteiger partial charge in [-0.3, -0.25) is 0 Å². The van der Waals surface area contributed by atoms with E-state index in [0.29, 0.717) is 5.92 Å². The molecule has 27 heavy (non-hydrogen) atoms. The molecule has 0 aromatic carbocycles. The fourth-order valence-corrected chi connectivity index (χ4v) is 10.0. The summed E-state index contributed by atoms with van der Waals surface area (Å²) < 4.78 is 29.8. The van der Waals surface area contributed by atoms with E-state index < -0.39 is 21.5 Å². The van der Waals surface area contributed by atoms with E-state index in [4.69, 9.17) is 0 Å². The van der Waals surface area contributed by atoms with Gasteiger partial charge in [0.05, 0.1) is 11.9 Å². The molecule has 0 amide bonds. The maximum atomic E-state index is 13.9. The van der Waals surface area contributed by atoms with E-state index in [1.54, 1.807) is 0 Å². The number of aliphatic hydroxyl groups is 1. The molecular weight excluding hydrogens is 358 g/mol. The normalized spacial score (nSPS) is 37.9. The van der Waals surface area contributed by atoms with Crippen LogP contribution in [0.1, 0.15) is 97.3 Å². The van der Waals surface area contributed by atoms with E-state index in [2.05, 4.69) is 13.8 Å². The highest BCUT2D eigenvalue weighted by Gasteiger charge is 2.65. The molecule has 4 rings (SSSR count). The van der Waals surface area contributed by atoms with Crippen LogP contribution in [-0.2, 0) is 10.0 Å². The third-order valence-corrected chi connectivity index (χ3v) is 11.1. The quantitative estimate of drug-likeness (QED) is 0.744. The molecule has 4 nitrogen and oxygen atoms in total. The Bertz CT molecular complexity index is 616. The van der Waals surface area contributed by atoms with Crippen LogP contribution in [0.2, 0.25) is 0 Å². The molecule has 0 heterocycles. The molecule has 0 aliphatic heterocycles. The molecule has 4 aliphatic rings. The minimum Gasteiger partial charge on any atom is -0.392 e. The smallest absolute Gasteiger partial charge is 0.215 e. The van der Waals surface area contributed by atoms with Crippen molar-refractivity contribution in [2.75, 3.05) is 5.75 Å². The molecule has 1 unspecified atom stereocenters. The van der Waals surface area contributed by atoms with E-state index in [9.17, 15) is 13.5 Å². The monoisotopic (exact) mass is 397 g/mol. The van der Waals surface area contributed by atoms with E-state index in [1.807, 2.05) is 4.31 Å². The first-order valence-electron chi connectivity index (χ1n) is 11.5. The largest absolute Gasteiger partial charge is 0.392 e. The van der Waals surface area contributed by atoms with E-state index in [1.165, 1.54) is 12.8 Å². The lowest BCUT2D eigenvalue weighted by atomic mass is 9.70. The molecule has 0 spiro atoms.